The zero-order valence-electron chi connectivity index (χ0n) is 12.4. The smallest absolute Gasteiger partial charge is 0.331 e. The summed E-state index contributed by atoms with van der Waals surface area (Å²) in [5, 5.41) is 16.8. The van der Waals surface area contributed by atoms with Gasteiger partial charge in [-0.25, -0.2) is 0 Å². The molecule has 0 radical (unpaired) electrons. The molecule has 2 aromatic rings. The van der Waals surface area contributed by atoms with Crippen LogP contribution in [0.5, 0.6) is 0 Å². The Morgan fingerprint density at radius 2 is 1.80 bits per heavy atom. The first kappa shape index (κ1) is 18.3. The molecule has 0 heterocycles. The third-order valence-electron chi connectivity index (χ3n) is 2.98. The second-order valence-corrected chi connectivity index (χ2v) is 5.09. The number of hydrogen-bond donors (Lipinski definition) is 2. The van der Waals surface area contributed by atoms with Crippen molar-refractivity contribution in [2.24, 2.45) is 5.10 Å². The van der Waals surface area contributed by atoms with E-state index in [9.17, 15) is 23.3 Å². The van der Waals surface area contributed by atoms with Gasteiger partial charge in [-0.1, -0.05) is 24.3 Å². The highest BCUT2D eigenvalue weighted by Gasteiger charge is 2.33. The maximum Gasteiger partial charge on any atom is 0.418 e. The average Bonchev–Trinajstić information content (AvgIpc) is 2.54. The molecule has 0 saturated heterocycles. The fourth-order valence-electron chi connectivity index (χ4n) is 1.91. The number of nitrogens with one attached hydrogen (secondary N) is 2. The lowest BCUT2D eigenvalue weighted by Crippen LogP contribution is -2.25. The number of nitro benzene ring substituents is 1. The third kappa shape index (κ3) is 4.98. The Kier molecular flexibility index (Phi) is 5.65. The molecule has 2 rings (SSSR count). The summed E-state index contributed by atoms with van der Waals surface area (Å²) in [6, 6.07) is 10.7. The maximum absolute atomic E-state index is 12.9. The molecular weight excluding hydrogens is 357 g/mol. The molecule has 0 amide bonds. The van der Waals surface area contributed by atoms with E-state index in [2.05, 4.69) is 15.8 Å². The molecule has 0 unspecified atom stereocenters. The van der Waals surface area contributed by atoms with Gasteiger partial charge in [-0.3, -0.25) is 15.5 Å². The second kappa shape index (κ2) is 7.71. The number of nitro groups is 1. The minimum Gasteiger partial charge on any atom is -0.331 e. The summed E-state index contributed by atoms with van der Waals surface area (Å²) >= 11 is 4.88. The molecule has 0 saturated carbocycles. The summed E-state index contributed by atoms with van der Waals surface area (Å²) in [6.45, 7) is 0. The van der Waals surface area contributed by atoms with Gasteiger partial charge >= 0.3 is 6.18 Å². The highest BCUT2D eigenvalue weighted by Crippen LogP contribution is 2.34. The Morgan fingerprint density at radius 3 is 2.48 bits per heavy atom. The largest absolute Gasteiger partial charge is 0.418 e. The molecule has 0 aliphatic heterocycles. The van der Waals surface area contributed by atoms with Crippen molar-refractivity contribution >= 4 is 34.9 Å². The number of rotatable bonds is 4. The van der Waals surface area contributed by atoms with Crippen LogP contribution in [0.3, 0.4) is 0 Å². The molecule has 0 aliphatic rings. The Bertz CT molecular complexity index is 824. The Labute approximate surface area is 145 Å². The molecule has 130 valence electrons. The quantitative estimate of drug-likeness (QED) is 0.370. The standard InChI is InChI=1S/C15H11F3N4O2S/c16-15(17,18)11-6-2-3-7-12(11)20-14(25)21-19-9-10-5-1-4-8-13(10)22(23)24/h1-9H,(H2,20,21,25)/b19-9+. The number of benzene rings is 2. The van der Waals surface area contributed by atoms with E-state index in [1.54, 1.807) is 6.07 Å². The lowest BCUT2D eigenvalue weighted by Gasteiger charge is -2.14. The van der Waals surface area contributed by atoms with Crippen LogP contribution in [0.25, 0.3) is 0 Å². The van der Waals surface area contributed by atoms with Crippen LogP contribution in [0, 0.1) is 10.1 Å². The van der Waals surface area contributed by atoms with Gasteiger partial charge in [0.25, 0.3) is 5.69 Å². The zero-order valence-corrected chi connectivity index (χ0v) is 13.3. The topological polar surface area (TPSA) is 79.6 Å². The number of nitrogens with zero attached hydrogens (tertiary/aromatic N) is 2. The molecule has 2 N–H and O–H groups in total. The van der Waals surface area contributed by atoms with Crippen LogP contribution in [-0.4, -0.2) is 16.3 Å². The van der Waals surface area contributed by atoms with E-state index in [0.717, 1.165) is 12.3 Å². The zero-order chi connectivity index (χ0) is 18.4. The van der Waals surface area contributed by atoms with Crippen molar-refractivity contribution in [3.63, 3.8) is 0 Å². The summed E-state index contributed by atoms with van der Waals surface area (Å²) in [5.74, 6) is 0. The SMILES string of the molecule is O=[N+]([O-])c1ccccc1/C=N/NC(=S)Nc1ccccc1C(F)(F)F. The summed E-state index contributed by atoms with van der Waals surface area (Å²) in [5.41, 5.74) is 1.29. The van der Waals surface area contributed by atoms with E-state index in [1.807, 2.05) is 0 Å². The summed E-state index contributed by atoms with van der Waals surface area (Å²) in [6.07, 6.45) is -3.38. The third-order valence-corrected chi connectivity index (χ3v) is 3.18. The van der Waals surface area contributed by atoms with E-state index >= 15 is 0 Å². The van der Waals surface area contributed by atoms with Crippen LogP contribution in [0.15, 0.2) is 53.6 Å². The number of anilines is 1. The van der Waals surface area contributed by atoms with Crippen LogP contribution in [0.1, 0.15) is 11.1 Å². The normalized spacial score (nSPS) is 11.3. The average molecular weight is 368 g/mol. The van der Waals surface area contributed by atoms with Gasteiger partial charge in [0.1, 0.15) is 0 Å². The van der Waals surface area contributed by atoms with Crippen molar-refractivity contribution < 1.29 is 18.1 Å². The van der Waals surface area contributed by atoms with Crippen molar-refractivity contribution in [3.8, 4) is 0 Å². The molecule has 0 aromatic heterocycles. The van der Waals surface area contributed by atoms with Gasteiger partial charge in [0, 0.05) is 6.07 Å². The molecule has 10 heteroatoms. The van der Waals surface area contributed by atoms with E-state index < -0.39 is 16.7 Å². The monoisotopic (exact) mass is 368 g/mol. The van der Waals surface area contributed by atoms with E-state index in [-0.39, 0.29) is 22.1 Å². The molecule has 0 aliphatic carbocycles. The second-order valence-electron chi connectivity index (χ2n) is 4.68. The van der Waals surface area contributed by atoms with Crippen molar-refractivity contribution in [1.29, 1.82) is 0 Å². The highest BCUT2D eigenvalue weighted by atomic mass is 32.1. The number of alkyl halides is 3. The molecule has 0 atom stereocenters. The van der Waals surface area contributed by atoms with Crippen LogP contribution < -0.4 is 10.7 Å². The molecule has 2 aromatic carbocycles. The minimum atomic E-state index is -4.53. The first-order valence-electron chi connectivity index (χ1n) is 6.79. The minimum absolute atomic E-state index is 0.158. The first-order chi connectivity index (χ1) is 11.8. The lowest BCUT2D eigenvalue weighted by atomic mass is 10.2. The fourth-order valence-corrected chi connectivity index (χ4v) is 2.08. The molecule has 6 nitrogen and oxygen atoms in total. The van der Waals surface area contributed by atoms with Gasteiger partial charge in [-0.05, 0) is 30.4 Å². The number of para-hydroxylation sites is 2. The fraction of sp³-hybridized carbons (Fsp3) is 0.0667. The molecular formula is C15H11F3N4O2S. The summed E-state index contributed by atoms with van der Waals surface area (Å²) < 4.78 is 38.7. The van der Waals surface area contributed by atoms with Crippen molar-refractivity contribution in [1.82, 2.24) is 5.43 Å². The predicted octanol–water partition coefficient (Wildman–Crippen LogP) is 3.93. The first-order valence-corrected chi connectivity index (χ1v) is 7.19. The highest BCUT2D eigenvalue weighted by molar-refractivity contribution is 7.80. The maximum atomic E-state index is 12.9. The van der Waals surface area contributed by atoms with Gasteiger partial charge in [0.15, 0.2) is 5.11 Å². The van der Waals surface area contributed by atoms with Gasteiger partial charge in [-0.2, -0.15) is 18.3 Å². The molecule has 0 fully saturated rings. The van der Waals surface area contributed by atoms with E-state index in [4.69, 9.17) is 12.2 Å². The number of hydrazone groups is 1. The van der Waals surface area contributed by atoms with Crippen LogP contribution in [-0.2, 0) is 6.18 Å². The van der Waals surface area contributed by atoms with Crippen molar-refractivity contribution in [3.05, 3.63) is 69.8 Å². The van der Waals surface area contributed by atoms with E-state index in [0.29, 0.717) is 0 Å². The Morgan fingerprint density at radius 1 is 1.16 bits per heavy atom. The Balaban J connectivity index is 2.07. The number of hydrogen-bond acceptors (Lipinski definition) is 4. The summed E-state index contributed by atoms with van der Waals surface area (Å²) in [7, 11) is 0. The lowest BCUT2D eigenvalue weighted by molar-refractivity contribution is -0.385. The molecule has 0 spiro atoms. The molecule has 25 heavy (non-hydrogen) atoms. The van der Waals surface area contributed by atoms with Crippen molar-refractivity contribution in [2.45, 2.75) is 6.18 Å². The van der Waals surface area contributed by atoms with Gasteiger partial charge in [-0.15, -0.1) is 0 Å². The van der Waals surface area contributed by atoms with Crippen LogP contribution in [0.2, 0.25) is 0 Å². The number of halogens is 3. The van der Waals surface area contributed by atoms with Crippen LogP contribution >= 0.6 is 12.2 Å². The van der Waals surface area contributed by atoms with Crippen LogP contribution in [0.4, 0.5) is 24.5 Å². The predicted molar refractivity (Wildman–Crippen MR) is 91.5 cm³/mol. The number of thiocarbonyl (C=S) groups is 1. The summed E-state index contributed by atoms with van der Waals surface area (Å²) in [4.78, 5) is 10.3. The van der Waals surface area contributed by atoms with Gasteiger partial charge in [0.05, 0.1) is 28.0 Å². The van der Waals surface area contributed by atoms with Gasteiger partial charge < -0.3 is 5.32 Å². The van der Waals surface area contributed by atoms with Gasteiger partial charge in [0.2, 0.25) is 0 Å². The van der Waals surface area contributed by atoms with E-state index in [1.165, 1.54) is 36.4 Å². The Hall–Kier alpha value is -3.01. The molecule has 0 bridgehead atoms. The van der Waals surface area contributed by atoms with Crippen molar-refractivity contribution in [2.75, 3.05) is 5.32 Å².